The first-order valence-corrected chi connectivity index (χ1v) is 14.2. The largest absolute Gasteiger partial charge is 0.423 e. The maximum atomic E-state index is 14.7. The summed E-state index contributed by atoms with van der Waals surface area (Å²) in [4.78, 5) is 13.2. The van der Waals surface area contributed by atoms with Crippen LogP contribution in [0.3, 0.4) is 0 Å². The molecule has 0 bridgehead atoms. The molecular formula is C31H45FO2. The van der Waals surface area contributed by atoms with Gasteiger partial charge in [-0.2, -0.15) is 0 Å². The Balaban J connectivity index is 1.31. The van der Waals surface area contributed by atoms with E-state index in [4.69, 9.17) is 4.74 Å². The summed E-state index contributed by atoms with van der Waals surface area (Å²) in [5.41, 5.74) is 0.940. The first-order chi connectivity index (χ1) is 16.6. The molecule has 0 amide bonds. The second-order valence-corrected chi connectivity index (χ2v) is 11.4. The molecule has 3 aliphatic carbocycles. The number of allylic oxidation sites excluding steroid dienone is 2. The summed E-state index contributed by atoms with van der Waals surface area (Å²) in [7, 11) is 0. The van der Waals surface area contributed by atoms with Gasteiger partial charge in [0, 0.05) is 0 Å². The van der Waals surface area contributed by atoms with Gasteiger partial charge in [-0.1, -0.05) is 63.7 Å². The summed E-state index contributed by atoms with van der Waals surface area (Å²) < 4.78 is 20.3. The highest BCUT2D eigenvalue weighted by Crippen LogP contribution is 2.50. The third-order valence-electron chi connectivity index (χ3n) is 9.29. The minimum atomic E-state index is -0.416. The van der Waals surface area contributed by atoms with Gasteiger partial charge in [0.05, 0.1) is 5.92 Å². The number of hydrogen-bond donors (Lipinski definition) is 0. The molecule has 2 nitrogen and oxygen atoms in total. The summed E-state index contributed by atoms with van der Waals surface area (Å²) >= 11 is 0. The van der Waals surface area contributed by atoms with Gasteiger partial charge in [0.15, 0.2) is 11.6 Å². The van der Waals surface area contributed by atoms with E-state index < -0.39 is 5.82 Å². The normalized spacial score (nSPS) is 31.9. The number of carbonyl (C=O) groups is 1. The van der Waals surface area contributed by atoms with E-state index in [0.29, 0.717) is 11.8 Å². The standard InChI is InChI=1S/C31H45FO2/c1-3-5-6-9-23-14-19-30(29(32)20-23)34-31(33)28-11-7-10-26-21-25(17-18-27(26)28)24-15-12-22(8-4-2)13-16-24/h3,5,14,19-20,22,24-28H,4,6-13,15-18,21H2,1-2H3/b5-3+. The van der Waals surface area contributed by atoms with Gasteiger partial charge in [0.1, 0.15) is 0 Å². The highest BCUT2D eigenvalue weighted by atomic mass is 19.1. The Morgan fingerprint density at radius 2 is 1.82 bits per heavy atom. The summed E-state index contributed by atoms with van der Waals surface area (Å²) in [6, 6.07) is 5.06. The van der Waals surface area contributed by atoms with Crippen molar-refractivity contribution in [1.82, 2.24) is 0 Å². The summed E-state index contributed by atoms with van der Waals surface area (Å²) in [5.74, 6) is 3.22. The molecule has 34 heavy (non-hydrogen) atoms. The van der Waals surface area contributed by atoms with Crippen LogP contribution in [-0.2, 0) is 11.2 Å². The third-order valence-corrected chi connectivity index (χ3v) is 9.29. The Morgan fingerprint density at radius 1 is 1.03 bits per heavy atom. The molecule has 3 aliphatic rings. The average Bonchev–Trinajstić information content (AvgIpc) is 2.85. The van der Waals surface area contributed by atoms with Crippen LogP contribution < -0.4 is 4.74 Å². The van der Waals surface area contributed by atoms with Gasteiger partial charge >= 0.3 is 5.97 Å². The zero-order chi connectivity index (χ0) is 23.9. The number of hydrogen-bond acceptors (Lipinski definition) is 2. The van der Waals surface area contributed by atoms with E-state index in [1.54, 1.807) is 6.07 Å². The van der Waals surface area contributed by atoms with Crippen LogP contribution >= 0.6 is 0 Å². The van der Waals surface area contributed by atoms with E-state index in [1.807, 2.05) is 19.1 Å². The van der Waals surface area contributed by atoms with Crippen LogP contribution in [0.1, 0.15) is 103 Å². The lowest BCUT2D eigenvalue weighted by molar-refractivity contribution is -0.144. The molecule has 3 fully saturated rings. The monoisotopic (exact) mass is 468 g/mol. The van der Waals surface area contributed by atoms with Crippen molar-refractivity contribution in [1.29, 1.82) is 0 Å². The molecule has 0 saturated heterocycles. The van der Waals surface area contributed by atoms with E-state index in [2.05, 4.69) is 13.0 Å². The van der Waals surface area contributed by atoms with Crippen molar-refractivity contribution in [2.24, 2.45) is 35.5 Å². The van der Waals surface area contributed by atoms with Crippen molar-refractivity contribution >= 4 is 5.97 Å². The number of benzene rings is 1. The van der Waals surface area contributed by atoms with Crippen molar-refractivity contribution in [3.05, 3.63) is 41.7 Å². The van der Waals surface area contributed by atoms with E-state index in [1.165, 1.54) is 63.9 Å². The molecule has 4 rings (SSSR count). The first-order valence-electron chi connectivity index (χ1n) is 14.2. The van der Waals surface area contributed by atoms with Crippen molar-refractivity contribution in [2.45, 2.75) is 104 Å². The summed E-state index contributed by atoms with van der Waals surface area (Å²) in [5, 5.41) is 0. The van der Waals surface area contributed by atoms with Gasteiger partial charge in [-0.05, 0) is 106 Å². The second kappa shape index (κ2) is 12.4. The summed E-state index contributed by atoms with van der Waals surface area (Å²) in [6.07, 6.45) is 21.2. The van der Waals surface area contributed by atoms with Gasteiger partial charge in [-0.25, -0.2) is 4.39 Å². The van der Waals surface area contributed by atoms with Crippen LogP contribution in [0.2, 0.25) is 0 Å². The van der Waals surface area contributed by atoms with Crippen LogP contribution in [0.5, 0.6) is 5.75 Å². The highest BCUT2D eigenvalue weighted by molar-refractivity contribution is 5.75. The van der Waals surface area contributed by atoms with E-state index >= 15 is 0 Å². The van der Waals surface area contributed by atoms with E-state index in [0.717, 1.165) is 55.4 Å². The second-order valence-electron chi connectivity index (χ2n) is 11.4. The van der Waals surface area contributed by atoms with Crippen molar-refractivity contribution in [3.8, 4) is 5.75 Å². The quantitative estimate of drug-likeness (QED) is 0.217. The number of rotatable bonds is 8. The molecule has 3 heteroatoms. The molecule has 0 spiro atoms. The molecule has 0 N–H and O–H groups in total. The van der Waals surface area contributed by atoms with Crippen LogP contribution in [0.15, 0.2) is 30.4 Å². The molecule has 4 atom stereocenters. The van der Waals surface area contributed by atoms with Crippen LogP contribution in [0.4, 0.5) is 4.39 Å². The minimum absolute atomic E-state index is 0.0613. The van der Waals surface area contributed by atoms with Gasteiger partial charge in [0.2, 0.25) is 0 Å². The van der Waals surface area contributed by atoms with Gasteiger partial charge in [-0.3, -0.25) is 4.79 Å². The molecule has 1 aromatic rings. The van der Waals surface area contributed by atoms with Crippen LogP contribution in [0, 0.1) is 41.3 Å². The van der Waals surface area contributed by atoms with Crippen molar-refractivity contribution in [3.63, 3.8) is 0 Å². The number of ether oxygens (including phenoxy) is 1. The maximum absolute atomic E-state index is 14.7. The number of aryl methyl sites for hydroxylation is 1. The Kier molecular flexibility index (Phi) is 9.25. The van der Waals surface area contributed by atoms with Crippen molar-refractivity contribution in [2.75, 3.05) is 0 Å². The molecule has 3 saturated carbocycles. The van der Waals surface area contributed by atoms with E-state index in [9.17, 15) is 9.18 Å². The lowest BCUT2D eigenvalue weighted by Crippen LogP contribution is -2.40. The fraction of sp³-hybridized carbons (Fsp3) is 0.710. The zero-order valence-corrected chi connectivity index (χ0v) is 21.4. The van der Waals surface area contributed by atoms with Crippen molar-refractivity contribution < 1.29 is 13.9 Å². The molecule has 0 heterocycles. The fourth-order valence-electron chi connectivity index (χ4n) is 7.46. The van der Waals surface area contributed by atoms with Crippen LogP contribution in [0.25, 0.3) is 0 Å². The van der Waals surface area contributed by atoms with Gasteiger partial charge in [-0.15, -0.1) is 0 Å². The summed E-state index contributed by atoms with van der Waals surface area (Å²) in [6.45, 7) is 4.30. The van der Waals surface area contributed by atoms with Gasteiger partial charge < -0.3 is 4.74 Å². The third kappa shape index (κ3) is 6.32. The maximum Gasteiger partial charge on any atom is 0.314 e. The number of carbonyl (C=O) groups excluding carboxylic acids is 1. The zero-order valence-electron chi connectivity index (χ0n) is 21.4. The van der Waals surface area contributed by atoms with E-state index in [-0.39, 0.29) is 17.6 Å². The molecule has 4 unspecified atom stereocenters. The minimum Gasteiger partial charge on any atom is -0.423 e. The Bertz CT molecular complexity index is 823. The Hall–Kier alpha value is -1.64. The molecule has 1 aromatic carbocycles. The first kappa shape index (κ1) is 25.5. The molecular weight excluding hydrogens is 423 g/mol. The lowest BCUT2D eigenvalue weighted by atomic mass is 9.59. The fourth-order valence-corrected chi connectivity index (χ4v) is 7.46. The Labute approximate surface area is 206 Å². The van der Waals surface area contributed by atoms with Crippen LogP contribution in [-0.4, -0.2) is 5.97 Å². The highest BCUT2D eigenvalue weighted by Gasteiger charge is 2.43. The number of fused-ring (bicyclic) bond motifs is 1. The lowest BCUT2D eigenvalue weighted by Gasteiger charge is -2.46. The SMILES string of the molecule is C/C=C/CCc1ccc(OC(=O)C2CCCC3CC(C4CCC(CCC)CC4)CCC32)c(F)c1. The van der Waals surface area contributed by atoms with Gasteiger partial charge in [0.25, 0.3) is 0 Å². The predicted molar refractivity (Wildman–Crippen MR) is 137 cm³/mol. The molecule has 0 radical (unpaired) electrons. The molecule has 0 aromatic heterocycles. The Morgan fingerprint density at radius 3 is 2.56 bits per heavy atom. The average molecular weight is 469 g/mol. The smallest absolute Gasteiger partial charge is 0.314 e. The molecule has 188 valence electrons. The molecule has 0 aliphatic heterocycles. The number of halogens is 1. The predicted octanol–water partition coefficient (Wildman–Crippen LogP) is 8.68. The number of esters is 1. The topological polar surface area (TPSA) is 26.3 Å².